The number of fused-ring (bicyclic) bond motifs is 3. The summed E-state index contributed by atoms with van der Waals surface area (Å²) in [5.41, 5.74) is 0.257. The zero-order valence-corrected chi connectivity index (χ0v) is 19.1. The number of ketones is 2. The van der Waals surface area contributed by atoms with Crippen molar-refractivity contribution in [2.75, 3.05) is 6.61 Å². The Labute approximate surface area is 166 Å². The highest BCUT2D eigenvalue weighted by Gasteiger charge is 2.73. The maximum Gasteiger partial charge on any atom is 0.200 e. The van der Waals surface area contributed by atoms with Crippen LogP contribution in [0.25, 0.3) is 0 Å². The Balaban J connectivity index is 1.97. The molecule has 0 amide bonds. The van der Waals surface area contributed by atoms with E-state index in [0.717, 1.165) is 25.7 Å². The van der Waals surface area contributed by atoms with Crippen LogP contribution in [0.15, 0.2) is 12.7 Å². The van der Waals surface area contributed by atoms with Crippen molar-refractivity contribution in [1.82, 2.24) is 0 Å². The quantitative estimate of drug-likeness (QED) is 0.318. The Morgan fingerprint density at radius 2 is 1.70 bits per heavy atom. The van der Waals surface area contributed by atoms with Crippen LogP contribution in [0.5, 0.6) is 0 Å². The summed E-state index contributed by atoms with van der Waals surface area (Å²) in [4.78, 5) is 26.6. The topological polar surface area (TPSA) is 43.4 Å². The van der Waals surface area contributed by atoms with Crippen molar-refractivity contribution in [3.8, 4) is 0 Å². The van der Waals surface area contributed by atoms with E-state index in [-0.39, 0.29) is 23.4 Å². The summed E-state index contributed by atoms with van der Waals surface area (Å²) in [5.74, 6) is 0.670. The van der Waals surface area contributed by atoms with Crippen molar-refractivity contribution in [3.63, 3.8) is 0 Å². The normalized spacial score (nSPS) is 36.2. The van der Waals surface area contributed by atoms with Crippen molar-refractivity contribution < 1.29 is 14.0 Å². The van der Waals surface area contributed by atoms with E-state index in [1.807, 2.05) is 6.08 Å². The van der Waals surface area contributed by atoms with Gasteiger partial charge in [-0.25, -0.2) is 0 Å². The number of carbonyl (C=O) groups excluding carboxylic acids is 2. The first-order chi connectivity index (χ1) is 12.6. The molecule has 152 valence electrons. The minimum absolute atomic E-state index is 0.102. The van der Waals surface area contributed by atoms with Crippen LogP contribution in [-0.4, -0.2) is 26.5 Å². The van der Waals surface area contributed by atoms with Crippen LogP contribution >= 0.6 is 0 Å². The van der Waals surface area contributed by atoms with E-state index >= 15 is 0 Å². The van der Waals surface area contributed by atoms with E-state index < -0.39 is 19.1 Å². The van der Waals surface area contributed by atoms with Crippen LogP contribution < -0.4 is 0 Å². The van der Waals surface area contributed by atoms with Gasteiger partial charge in [-0.15, -0.1) is 6.58 Å². The van der Waals surface area contributed by atoms with Gasteiger partial charge in [-0.05, 0) is 54.1 Å². The third-order valence-corrected chi connectivity index (χ3v) is 14.5. The lowest BCUT2D eigenvalue weighted by Gasteiger charge is -2.45. The van der Waals surface area contributed by atoms with Gasteiger partial charge in [-0.1, -0.05) is 47.6 Å². The van der Waals surface area contributed by atoms with Gasteiger partial charge in [0.1, 0.15) is 5.78 Å². The zero-order chi connectivity index (χ0) is 20.2. The fraction of sp³-hybridized carbons (Fsp3) is 0.826. The summed E-state index contributed by atoms with van der Waals surface area (Å²) >= 11 is 0. The Kier molecular flexibility index (Phi) is 5.40. The molecule has 3 aliphatic carbocycles. The first-order valence-corrected chi connectivity index (χ1v) is 13.1. The lowest BCUT2D eigenvalue weighted by Crippen LogP contribution is -2.52. The van der Waals surface area contributed by atoms with Crippen molar-refractivity contribution in [2.45, 2.75) is 90.3 Å². The Morgan fingerprint density at radius 3 is 2.15 bits per heavy atom. The molecule has 3 saturated carbocycles. The molecular formula is C23H38O3Si. The molecule has 3 nitrogen and oxygen atoms in total. The third kappa shape index (κ3) is 2.55. The minimum Gasteiger partial charge on any atom is -0.415 e. The molecule has 0 N–H and O–H groups in total. The molecule has 0 aromatic carbocycles. The van der Waals surface area contributed by atoms with E-state index in [0.29, 0.717) is 29.7 Å². The van der Waals surface area contributed by atoms with Gasteiger partial charge >= 0.3 is 0 Å². The van der Waals surface area contributed by atoms with Crippen LogP contribution in [0, 0.1) is 22.7 Å². The standard InChI is InChI=1S/C23H38O3Si/c1-8-18-19-11-13-22(18,21(25)23(19)12-9-10-20(23)24)14-26-27(15(2)3,16(4)5)17(6)7/h8,15-19H,1,9-14H2,2-7H3/t18-,19+,22+,23-/m0/s1. The van der Waals surface area contributed by atoms with Crippen LogP contribution in [0.1, 0.15) is 73.6 Å². The molecule has 0 unspecified atom stereocenters. The molecule has 4 atom stereocenters. The largest absolute Gasteiger partial charge is 0.415 e. The fourth-order valence-electron chi connectivity index (χ4n) is 7.48. The molecule has 0 radical (unpaired) electrons. The first kappa shape index (κ1) is 21.0. The van der Waals surface area contributed by atoms with Crippen LogP contribution in [0.2, 0.25) is 16.6 Å². The van der Waals surface area contributed by atoms with Gasteiger partial charge in [0.05, 0.1) is 10.8 Å². The number of carbonyl (C=O) groups is 2. The summed E-state index contributed by atoms with van der Waals surface area (Å²) in [5, 5.41) is 0. The molecule has 0 aromatic rings. The second-order valence-corrected chi connectivity index (χ2v) is 15.7. The molecule has 0 saturated heterocycles. The summed E-state index contributed by atoms with van der Waals surface area (Å²) in [6, 6.07) is 0. The van der Waals surface area contributed by atoms with Gasteiger partial charge in [0.15, 0.2) is 14.1 Å². The van der Waals surface area contributed by atoms with Crippen LogP contribution in [0.4, 0.5) is 0 Å². The summed E-state index contributed by atoms with van der Waals surface area (Å²) in [6.07, 6.45) is 6.00. The molecule has 0 heterocycles. The molecular weight excluding hydrogens is 352 g/mol. The first-order valence-electron chi connectivity index (χ1n) is 11.0. The van der Waals surface area contributed by atoms with Gasteiger partial charge in [-0.2, -0.15) is 0 Å². The molecule has 4 heteroatoms. The second kappa shape index (κ2) is 6.95. The lowest BCUT2D eigenvalue weighted by molar-refractivity contribution is -0.146. The molecule has 3 fully saturated rings. The Morgan fingerprint density at radius 1 is 1.11 bits per heavy atom. The predicted molar refractivity (Wildman–Crippen MR) is 112 cm³/mol. The van der Waals surface area contributed by atoms with E-state index in [2.05, 4.69) is 48.1 Å². The van der Waals surface area contributed by atoms with Crippen molar-refractivity contribution >= 4 is 19.9 Å². The number of hydrogen-bond acceptors (Lipinski definition) is 3. The van der Waals surface area contributed by atoms with E-state index in [1.165, 1.54) is 0 Å². The van der Waals surface area contributed by atoms with Gasteiger partial charge in [0, 0.05) is 13.0 Å². The average molecular weight is 391 g/mol. The maximum absolute atomic E-state index is 13.8. The molecule has 2 bridgehead atoms. The van der Waals surface area contributed by atoms with Gasteiger partial charge in [-0.3, -0.25) is 9.59 Å². The van der Waals surface area contributed by atoms with Crippen molar-refractivity contribution in [3.05, 3.63) is 12.7 Å². The van der Waals surface area contributed by atoms with Gasteiger partial charge in [0.25, 0.3) is 0 Å². The number of hydrogen-bond donors (Lipinski definition) is 0. The van der Waals surface area contributed by atoms with E-state index in [9.17, 15) is 9.59 Å². The van der Waals surface area contributed by atoms with Crippen LogP contribution in [-0.2, 0) is 14.0 Å². The van der Waals surface area contributed by atoms with Crippen molar-refractivity contribution in [2.24, 2.45) is 22.7 Å². The summed E-state index contributed by atoms with van der Waals surface area (Å²) in [6.45, 7) is 18.3. The lowest BCUT2D eigenvalue weighted by atomic mass is 9.67. The molecule has 1 spiro atoms. The van der Waals surface area contributed by atoms with Crippen molar-refractivity contribution in [1.29, 1.82) is 0 Å². The second-order valence-electron chi connectivity index (χ2n) is 10.2. The average Bonchev–Trinajstić information content (AvgIpc) is 3.19. The molecule has 27 heavy (non-hydrogen) atoms. The highest BCUT2D eigenvalue weighted by molar-refractivity contribution is 6.77. The maximum atomic E-state index is 13.8. The molecule has 3 aliphatic rings. The highest BCUT2D eigenvalue weighted by atomic mass is 28.4. The van der Waals surface area contributed by atoms with E-state index in [4.69, 9.17) is 4.43 Å². The van der Waals surface area contributed by atoms with Gasteiger partial charge < -0.3 is 4.43 Å². The van der Waals surface area contributed by atoms with E-state index in [1.54, 1.807) is 0 Å². The number of Topliss-reactive ketones (excluding diaryl/α,β-unsaturated/α-hetero) is 2. The number of rotatable bonds is 7. The summed E-state index contributed by atoms with van der Waals surface area (Å²) < 4.78 is 6.92. The zero-order valence-electron chi connectivity index (χ0n) is 18.1. The SMILES string of the molecule is C=C[C@H]1[C@H]2CC[C@]1(CO[Si](C(C)C)(C(C)C)C(C)C)C(=O)[C@@]21CCCC1=O. The Bertz CT molecular complexity index is 616. The monoisotopic (exact) mass is 390 g/mol. The predicted octanol–water partition coefficient (Wildman–Crippen LogP) is 5.70. The highest BCUT2D eigenvalue weighted by Crippen LogP contribution is 2.68. The smallest absolute Gasteiger partial charge is 0.200 e. The Hall–Kier alpha value is -0.743. The number of allylic oxidation sites excluding steroid dienone is 1. The minimum atomic E-state index is -2.05. The summed E-state index contributed by atoms with van der Waals surface area (Å²) in [7, 11) is -2.05. The van der Waals surface area contributed by atoms with Crippen LogP contribution in [0.3, 0.4) is 0 Å². The molecule has 0 aromatic heterocycles. The van der Waals surface area contributed by atoms with Gasteiger partial charge in [0.2, 0.25) is 0 Å². The molecule has 0 aliphatic heterocycles. The fourth-order valence-corrected chi connectivity index (χ4v) is 13.0. The molecule has 3 rings (SSSR count). The third-order valence-electron chi connectivity index (χ3n) is 8.48.